The summed E-state index contributed by atoms with van der Waals surface area (Å²) in [7, 11) is 0. The molecule has 0 fully saturated rings. The lowest BCUT2D eigenvalue weighted by Gasteiger charge is -2.12. The predicted octanol–water partition coefficient (Wildman–Crippen LogP) is 5.32. The van der Waals surface area contributed by atoms with E-state index in [2.05, 4.69) is 43.4 Å². The van der Waals surface area contributed by atoms with Gasteiger partial charge >= 0.3 is 0 Å². The molecule has 0 aliphatic carbocycles. The summed E-state index contributed by atoms with van der Waals surface area (Å²) in [5.41, 5.74) is 1.28. The summed E-state index contributed by atoms with van der Waals surface area (Å²) < 4.78 is 5.91. The van der Waals surface area contributed by atoms with Crippen LogP contribution in [0, 0.1) is 0 Å². The molecule has 120 valence electrons. The van der Waals surface area contributed by atoms with Crippen LogP contribution in [-0.2, 0) is 6.54 Å². The highest BCUT2D eigenvalue weighted by atomic mass is 16.5. The van der Waals surface area contributed by atoms with Crippen LogP contribution in [0.2, 0.25) is 0 Å². The number of rotatable bonds is 13. The van der Waals surface area contributed by atoms with Gasteiger partial charge in [-0.1, -0.05) is 70.6 Å². The molecule has 0 saturated carbocycles. The quantitative estimate of drug-likeness (QED) is 0.497. The molecule has 0 radical (unpaired) electrons. The van der Waals surface area contributed by atoms with Gasteiger partial charge in [-0.15, -0.1) is 0 Å². The van der Waals surface area contributed by atoms with E-state index in [1.54, 1.807) is 0 Å². The molecule has 1 aromatic carbocycles. The molecule has 0 aliphatic heterocycles. The largest absolute Gasteiger partial charge is 0.493 e. The zero-order chi connectivity index (χ0) is 15.2. The van der Waals surface area contributed by atoms with Crippen molar-refractivity contribution in [2.45, 2.75) is 71.8 Å². The van der Waals surface area contributed by atoms with Crippen molar-refractivity contribution in [1.29, 1.82) is 0 Å². The first-order valence-electron chi connectivity index (χ1n) is 8.80. The summed E-state index contributed by atoms with van der Waals surface area (Å²) in [5.74, 6) is 1.05. The molecule has 21 heavy (non-hydrogen) atoms. The summed E-state index contributed by atoms with van der Waals surface area (Å²) in [5, 5.41) is 3.54. The van der Waals surface area contributed by atoms with Crippen LogP contribution in [0.5, 0.6) is 5.75 Å². The minimum absolute atomic E-state index is 0.835. The Balaban J connectivity index is 2.21. The fourth-order valence-electron chi connectivity index (χ4n) is 2.40. The van der Waals surface area contributed by atoms with Crippen molar-refractivity contribution in [2.75, 3.05) is 13.2 Å². The molecular formula is C19H33NO. The maximum Gasteiger partial charge on any atom is 0.123 e. The third kappa shape index (κ3) is 8.77. The lowest BCUT2D eigenvalue weighted by Crippen LogP contribution is -2.15. The first-order valence-corrected chi connectivity index (χ1v) is 8.80. The van der Waals surface area contributed by atoms with Gasteiger partial charge in [-0.05, 0) is 25.5 Å². The van der Waals surface area contributed by atoms with Crippen molar-refractivity contribution in [3.05, 3.63) is 29.8 Å². The minimum atomic E-state index is 0.835. The van der Waals surface area contributed by atoms with E-state index in [0.29, 0.717) is 0 Å². The normalized spacial score (nSPS) is 10.8. The second-order valence-corrected chi connectivity index (χ2v) is 5.75. The number of unbranched alkanes of at least 4 members (excludes halogenated alkanes) is 6. The molecule has 0 atom stereocenters. The SMILES string of the molecule is CCCCCCCNCc1ccccc1OCCCCC. The molecule has 0 aromatic heterocycles. The first kappa shape index (κ1) is 18.0. The Hall–Kier alpha value is -1.02. The molecule has 0 amide bonds. The Kier molecular flexibility index (Phi) is 10.9. The van der Waals surface area contributed by atoms with E-state index in [0.717, 1.165) is 31.9 Å². The van der Waals surface area contributed by atoms with E-state index in [4.69, 9.17) is 4.74 Å². The second kappa shape index (κ2) is 12.7. The molecule has 1 N–H and O–H groups in total. The summed E-state index contributed by atoms with van der Waals surface area (Å²) >= 11 is 0. The highest BCUT2D eigenvalue weighted by Gasteiger charge is 2.02. The molecule has 0 spiro atoms. The topological polar surface area (TPSA) is 21.3 Å². The predicted molar refractivity (Wildman–Crippen MR) is 91.9 cm³/mol. The molecule has 0 saturated heterocycles. The first-order chi connectivity index (χ1) is 10.4. The van der Waals surface area contributed by atoms with Gasteiger partial charge in [0, 0.05) is 12.1 Å². The van der Waals surface area contributed by atoms with Gasteiger partial charge < -0.3 is 10.1 Å². The number of hydrogen-bond acceptors (Lipinski definition) is 2. The van der Waals surface area contributed by atoms with Crippen molar-refractivity contribution in [3.63, 3.8) is 0 Å². The van der Waals surface area contributed by atoms with E-state index in [1.807, 2.05) is 0 Å². The lowest BCUT2D eigenvalue weighted by molar-refractivity contribution is 0.302. The summed E-state index contributed by atoms with van der Waals surface area (Å²) in [6.07, 6.45) is 10.3. The molecule has 0 bridgehead atoms. The monoisotopic (exact) mass is 291 g/mol. The maximum atomic E-state index is 5.91. The molecule has 2 heteroatoms. The molecule has 0 aliphatic rings. The fourth-order valence-corrected chi connectivity index (χ4v) is 2.40. The van der Waals surface area contributed by atoms with Crippen LogP contribution in [0.1, 0.15) is 70.8 Å². The van der Waals surface area contributed by atoms with E-state index in [1.165, 1.54) is 50.5 Å². The number of para-hydroxylation sites is 1. The molecule has 2 nitrogen and oxygen atoms in total. The van der Waals surface area contributed by atoms with Crippen LogP contribution < -0.4 is 10.1 Å². The van der Waals surface area contributed by atoms with E-state index < -0.39 is 0 Å². The molecule has 0 heterocycles. The Morgan fingerprint density at radius 1 is 0.857 bits per heavy atom. The number of nitrogens with one attached hydrogen (secondary N) is 1. The average Bonchev–Trinajstić information content (AvgIpc) is 2.52. The van der Waals surface area contributed by atoms with Gasteiger partial charge in [0.2, 0.25) is 0 Å². The van der Waals surface area contributed by atoms with E-state index in [9.17, 15) is 0 Å². The lowest BCUT2D eigenvalue weighted by atomic mass is 10.1. The Labute approximate surface area is 131 Å². The highest BCUT2D eigenvalue weighted by molar-refractivity contribution is 5.33. The zero-order valence-electron chi connectivity index (χ0n) is 14.0. The van der Waals surface area contributed by atoms with E-state index in [-0.39, 0.29) is 0 Å². The molecule has 1 aromatic rings. The zero-order valence-corrected chi connectivity index (χ0v) is 14.0. The minimum Gasteiger partial charge on any atom is -0.493 e. The van der Waals surface area contributed by atoms with Gasteiger partial charge in [0.15, 0.2) is 0 Å². The van der Waals surface area contributed by atoms with Crippen LogP contribution in [-0.4, -0.2) is 13.2 Å². The van der Waals surface area contributed by atoms with Gasteiger partial charge in [0.1, 0.15) is 5.75 Å². The fraction of sp³-hybridized carbons (Fsp3) is 0.684. The van der Waals surface area contributed by atoms with E-state index >= 15 is 0 Å². The number of ether oxygens (including phenoxy) is 1. The van der Waals surface area contributed by atoms with Gasteiger partial charge in [-0.2, -0.15) is 0 Å². The van der Waals surface area contributed by atoms with Gasteiger partial charge in [0.05, 0.1) is 6.61 Å². The van der Waals surface area contributed by atoms with Crippen LogP contribution in [0.15, 0.2) is 24.3 Å². The number of benzene rings is 1. The van der Waals surface area contributed by atoms with Gasteiger partial charge in [-0.25, -0.2) is 0 Å². The van der Waals surface area contributed by atoms with Crippen molar-refractivity contribution in [2.24, 2.45) is 0 Å². The molecule has 0 unspecified atom stereocenters. The maximum absolute atomic E-state index is 5.91. The number of hydrogen-bond donors (Lipinski definition) is 1. The molecular weight excluding hydrogens is 258 g/mol. The third-order valence-corrected chi connectivity index (χ3v) is 3.75. The standard InChI is InChI=1S/C19H33NO/c1-3-5-7-8-11-15-20-17-18-13-9-10-14-19(18)21-16-12-6-4-2/h9-10,13-14,20H,3-8,11-12,15-17H2,1-2H3. The van der Waals surface area contributed by atoms with Crippen LogP contribution in [0.3, 0.4) is 0 Å². The van der Waals surface area contributed by atoms with Crippen molar-refractivity contribution in [1.82, 2.24) is 5.32 Å². The van der Waals surface area contributed by atoms with Crippen LogP contribution >= 0.6 is 0 Å². The second-order valence-electron chi connectivity index (χ2n) is 5.75. The van der Waals surface area contributed by atoms with Crippen molar-refractivity contribution >= 4 is 0 Å². The van der Waals surface area contributed by atoms with Crippen LogP contribution in [0.4, 0.5) is 0 Å². The van der Waals surface area contributed by atoms with Gasteiger partial charge in [-0.3, -0.25) is 0 Å². The van der Waals surface area contributed by atoms with Crippen molar-refractivity contribution < 1.29 is 4.74 Å². The Morgan fingerprint density at radius 2 is 1.57 bits per heavy atom. The third-order valence-electron chi connectivity index (χ3n) is 3.75. The van der Waals surface area contributed by atoms with Crippen LogP contribution in [0.25, 0.3) is 0 Å². The highest BCUT2D eigenvalue weighted by Crippen LogP contribution is 2.18. The Morgan fingerprint density at radius 3 is 2.38 bits per heavy atom. The average molecular weight is 291 g/mol. The Bertz CT molecular complexity index is 351. The summed E-state index contributed by atoms with van der Waals surface area (Å²) in [4.78, 5) is 0. The summed E-state index contributed by atoms with van der Waals surface area (Å²) in [6.45, 7) is 7.33. The smallest absolute Gasteiger partial charge is 0.123 e. The van der Waals surface area contributed by atoms with Gasteiger partial charge in [0.25, 0.3) is 0 Å². The summed E-state index contributed by atoms with van der Waals surface area (Å²) in [6, 6.07) is 8.41. The van der Waals surface area contributed by atoms with Crippen molar-refractivity contribution in [3.8, 4) is 5.75 Å². The molecule has 1 rings (SSSR count).